The summed E-state index contributed by atoms with van der Waals surface area (Å²) in [7, 11) is 0. The predicted molar refractivity (Wildman–Crippen MR) is 90.4 cm³/mol. The summed E-state index contributed by atoms with van der Waals surface area (Å²) in [6.07, 6.45) is 6.73. The quantitative estimate of drug-likeness (QED) is 0.611. The Hall–Kier alpha value is -1.43. The molecule has 0 radical (unpaired) electrons. The fraction of sp³-hybridized carbons (Fsp3) is 0.600. The maximum absolute atomic E-state index is 11.4. The van der Waals surface area contributed by atoms with Crippen LogP contribution in [0, 0.1) is 10.1 Å². The number of hydrogen-bond acceptors (Lipinski definition) is 5. The van der Waals surface area contributed by atoms with Crippen LogP contribution in [0.4, 0.5) is 17.1 Å². The summed E-state index contributed by atoms with van der Waals surface area (Å²) in [6.45, 7) is 2.61. The Labute approximate surface area is 130 Å². The summed E-state index contributed by atoms with van der Waals surface area (Å²) in [5.74, 6) is 0. The number of nitro benzene ring substituents is 1. The van der Waals surface area contributed by atoms with Crippen molar-refractivity contribution in [2.24, 2.45) is 0 Å². The SMILES string of the molecule is CCNc1cccc(NC2CCCC(SC)C2)c1[N+](=O)[O-]. The molecule has 0 bridgehead atoms. The van der Waals surface area contributed by atoms with Gasteiger partial charge in [0.2, 0.25) is 0 Å². The average Bonchev–Trinajstić information content (AvgIpc) is 2.47. The number of nitro groups is 1. The second-order valence-electron chi connectivity index (χ2n) is 5.35. The molecule has 2 rings (SSSR count). The van der Waals surface area contributed by atoms with Crippen molar-refractivity contribution in [1.29, 1.82) is 0 Å². The molecule has 116 valence electrons. The largest absolute Gasteiger partial charge is 0.380 e. The van der Waals surface area contributed by atoms with Crippen LogP contribution in [-0.2, 0) is 0 Å². The van der Waals surface area contributed by atoms with Gasteiger partial charge < -0.3 is 10.6 Å². The molecule has 0 aliphatic heterocycles. The molecule has 0 heterocycles. The molecule has 0 spiro atoms. The van der Waals surface area contributed by atoms with E-state index < -0.39 is 0 Å². The lowest BCUT2D eigenvalue weighted by Gasteiger charge is -2.29. The van der Waals surface area contributed by atoms with Gasteiger partial charge >= 0.3 is 5.69 Å². The van der Waals surface area contributed by atoms with E-state index in [1.54, 1.807) is 6.07 Å². The van der Waals surface area contributed by atoms with Gasteiger partial charge in [-0.25, -0.2) is 0 Å². The molecule has 6 heteroatoms. The van der Waals surface area contributed by atoms with Crippen LogP contribution in [0.25, 0.3) is 0 Å². The third-order valence-electron chi connectivity index (χ3n) is 3.90. The zero-order chi connectivity index (χ0) is 15.2. The van der Waals surface area contributed by atoms with Gasteiger partial charge in [0.05, 0.1) is 4.92 Å². The molecule has 0 amide bonds. The van der Waals surface area contributed by atoms with E-state index in [1.165, 1.54) is 12.8 Å². The molecule has 0 aromatic heterocycles. The summed E-state index contributed by atoms with van der Waals surface area (Å²) in [5, 5.41) is 18.5. The van der Waals surface area contributed by atoms with E-state index in [0.717, 1.165) is 12.8 Å². The van der Waals surface area contributed by atoms with Crippen molar-refractivity contribution >= 4 is 28.8 Å². The summed E-state index contributed by atoms with van der Waals surface area (Å²) >= 11 is 1.90. The van der Waals surface area contributed by atoms with Crippen LogP contribution in [0.3, 0.4) is 0 Å². The minimum absolute atomic E-state index is 0.158. The summed E-state index contributed by atoms with van der Waals surface area (Å²) < 4.78 is 0. The Morgan fingerprint density at radius 3 is 2.81 bits per heavy atom. The number of anilines is 2. The maximum atomic E-state index is 11.4. The molecule has 21 heavy (non-hydrogen) atoms. The molecule has 2 N–H and O–H groups in total. The molecule has 1 fully saturated rings. The van der Waals surface area contributed by atoms with Crippen molar-refractivity contribution in [3.05, 3.63) is 28.3 Å². The Morgan fingerprint density at radius 2 is 2.14 bits per heavy atom. The van der Waals surface area contributed by atoms with Gasteiger partial charge in [-0.05, 0) is 44.6 Å². The Kier molecular flexibility index (Phi) is 5.73. The van der Waals surface area contributed by atoms with Gasteiger partial charge in [0, 0.05) is 17.8 Å². The Morgan fingerprint density at radius 1 is 1.38 bits per heavy atom. The van der Waals surface area contributed by atoms with Crippen molar-refractivity contribution in [1.82, 2.24) is 0 Å². The topological polar surface area (TPSA) is 67.2 Å². The van der Waals surface area contributed by atoms with E-state index in [0.29, 0.717) is 29.2 Å². The van der Waals surface area contributed by atoms with Gasteiger partial charge in [0.25, 0.3) is 0 Å². The molecule has 1 aliphatic rings. The van der Waals surface area contributed by atoms with Crippen LogP contribution in [0.1, 0.15) is 32.6 Å². The molecule has 1 aliphatic carbocycles. The van der Waals surface area contributed by atoms with Crippen molar-refractivity contribution in [2.45, 2.75) is 43.9 Å². The molecular weight excluding hydrogens is 286 g/mol. The van der Waals surface area contributed by atoms with Gasteiger partial charge in [0.15, 0.2) is 0 Å². The molecule has 2 atom stereocenters. The highest BCUT2D eigenvalue weighted by molar-refractivity contribution is 7.99. The summed E-state index contributed by atoms with van der Waals surface area (Å²) in [6, 6.07) is 5.76. The molecule has 5 nitrogen and oxygen atoms in total. The lowest BCUT2D eigenvalue weighted by Crippen LogP contribution is -2.28. The number of para-hydroxylation sites is 1. The van der Waals surface area contributed by atoms with Gasteiger partial charge in [0.1, 0.15) is 11.4 Å². The normalized spacial score (nSPS) is 21.8. The van der Waals surface area contributed by atoms with Crippen molar-refractivity contribution in [2.75, 3.05) is 23.4 Å². The number of nitrogens with zero attached hydrogens (tertiary/aromatic N) is 1. The zero-order valence-corrected chi connectivity index (χ0v) is 13.4. The lowest BCUT2D eigenvalue weighted by molar-refractivity contribution is -0.383. The number of rotatable bonds is 6. The molecule has 2 unspecified atom stereocenters. The monoisotopic (exact) mass is 309 g/mol. The minimum atomic E-state index is -0.296. The average molecular weight is 309 g/mol. The van der Waals surface area contributed by atoms with Crippen molar-refractivity contribution in [3.8, 4) is 0 Å². The highest BCUT2D eigenvalue weighted by Crippen LogP contribution is 2.35. The second kappa shape index (κ2) is 7.54. The van der Waals surface area contributed by atoms with Crippen LogP contribution in [0.15, 0.2) is 18.2 Å². The predicted octanol–water partition coefficient (Wildman–Crippen LogP) is 4.11. The van der Waals surface area contributed by atoms with Crippen molar-refractivity contribution in [3.63, 3.8) is 0 Å². The van der Waals surface area contributed by atoms with Crippen molar-refractivity contribution < 1.29 is 4.92 Å². The van der Waals surface area contributed by atoms with Gasteiger partial charge in [-0.1, -0.05) is 12.5 Å². The van der Waals surface area contributed by atoms with E-state index in [4.69, 9.17) is 0 Å². The Bertz CT molecular complexity index is 496. The first-order valence-electron chi connectivity index (χ1n) is 7.46. The van der Waals surface area contributed by atoms with E-state index >= 15 is 0 Å². The van der Waals surface area contributed by atoms with Crippen LogP contribution >= 0.6 is 11.8 Å². The third-order valence-corrected chi connectivity index (χ3v) is 5.00. The zero-order valence-electron chi connectivity index (χ0n) is 12.6. The molecule has 1 saturated carbocycles. The highest BCUT2D eigenvalue weighted by Gasteiger charge is 2.25. The minimum Gasteiger partial charge on any atom is -0.380 e. The molecule has 0 saturated heterocycles. The molecular formula is C15H23N3O2S. The van der Waals surface area contributed by atoms with Gasteiger partial charge in [-0.15, -0.1) is 0 Å². The highest BCUT2D eigenvalue weighted by atomic mass is 32.2. The van der Waals surface area contributed by atoms with Gasteiger partial charge in [-0.2, -0.15) is 11.8 Å². The fourth-order valence-electron chi connectivity index (χ4n) is 2.90. The standard InChI is InChI=1S/C15H23N3O2S/c1-3-16-13-8-5-9-14(15(13)18(19)20)17-11-6-4-7-12(10-11)21-2/h5,8-9,11-12,16-17H,3-4,6-7,10H2,1-2H3. The van der Waals surface area contributed by atoms with Crippen LogP contribution in [0.5, 0.6) is 0 Å². The third kappa shape index (κ3) is 4.03. The van der Waals surface area contributed by atoms with E-state index in [-0.39, 0.29) is 10.6 Å². The second-order valence-corrected chi connectivity index (χ2v) is 6.49. The summed E-state index contributed by atoms with van der Waals surface area (Å²) in [5.41, 5.74) is 1.38. The number of thioether (sulfide) groups is 1. The fourth-order valence-corrected chi connectivity index (χ4v) is 3.73. The van der Waals surface area contributed by atoms with E-state index in [9.17, 15) is 10.1 Å². The molecule has 1 aromatic rings. The first-order chi connectivity index (χ1) is 10.2. The first-order valence-corrected chi connectivity index (χ1v) is 8.75. The van der Waals surface area contributed by atoms with Crippen LogP contribution in [0.2, 0.25) is 0 Å². The van der Waals surface area contributed by atoms with Gasteiger partial charge in [-0.3, -0.25) is 10.1 Å². The van der Waals surface area contributed by atoms with Crippen LogP contribution < -0.4 is 10.6 Å². The summed E-state index contributed by atoms with van der Waals surface area (Å²) in [4.78, 5) is 11.1. The number of benzene rings is 1. The van der Waals surface area contributed by atoms with E-state index in [2.05, 4.69) is 16.9 Å². The molecule has 1 aromatic carbocycles. The Balaban J connectivity index is 2.19. The first kappa shape index (κ1) is 15.9. The number of nitrogens with one attached hydrogen (secondary N) is 2. The van der Waals surface area contributed by atoms with Crippen LogP contribution in [-0.4, -0.2) is 29.0 Å². The number of hydrogen-bond donors (Lipinski definition) is 2. The lowest BCUT2D eigenvalue weighted by atomic mass is 9.94. The smallest absolute Gasteiger partial charge is 0.315 e. The maximum Gasteiger partial charge on any atom is 0.315 e. The van der Waals surface area contributed by atoms with E-state index in [1.807, 2.05) is 30.8 Å².